The van der Waals surface area contributed by atoms with E-state index in [0.29, 0.717) is 5.76 Å². The van der Waals surface area contributed by atoms with Crippen LogP contribution in [0.2, 0.25) is 0 Å². The predicted octanol–water partition coefficient (Wildman–Crippen LogP) is 1.82. The molecular weight excluding hydrogens is 144 g/mol. The summed E-state index contributed by atoms with van der Waals surface area (Å²) < 4.78 is 4.18. The maximum Gasteiger partial charge on any atom is 0.510 e. The predicted molar refractivity (Wildman–Crippen MR) is 33.6 cm³/mol. The van der Waals surface area contributed by atoms with Crippen molar-refractivity contribution in [1.82, 2.24) is 0 Å². The van der Waals surface area contributed by atoms with Crippen molar-refractivity contribution < 1.29 is 14.6 Å². The highest BCUT2D eigenvalue weighted by molar-refractivity contribution is 6.18. The van der Waals surface area contributed by atoms with Crippen LogP contribution in [0.4, 0.5) is 4.79 Å². The fourth-order valence-corrected chi connectivity index (χ4v) is 0.505. The minimum Gasteiger partial charge on any atom is -0.449 e. The summed E-state index contributed by atoms with van der Waals surface area (Å²) in [5, 5.41) is 8.00. The van der Waals surface area contributed by atoms with Crippen LogP contribution in [0.1, 0.15) is 6.92 Å². The smallest absolute Gasteiger partial charge is 0.449 e. The summed E-state index contributed by atoms with van der Waals surface area (Å²) in [7, 11) is 0. The second kappa shape index (κ2) is 4.21. The molecule has 0 unspecified atom stereocenters. The summed E-state index contributed by atoms with van der Waals surface area (Å²) in [5.41, 5.74) is 0. The van der Waals surface area contributed by atoms with Crippen molar-refractivity contribution in [2.75, 3.05) is 5.88 Å². The highest BCUT2D eigenvalue weighted by Gasteiger charge is 1.95. The van der Waals surface area contributed by atoms with Crippen LogP contribution in [0.25, 0.3) is 0 Å². The van der Waals surface area contributed by atoms with Crippen LogP contribution in [0.3, 0.4) is 0 Å². The van der Waals surface area contributed by atoms with Gasteiger partial charge in [-0.05, 0) is 13.0 Å². The van der Waals surface area contributed by atoms with Gasteiger partial charge in [-0.15, -0.1) is 11.6 Å². The molecule has 0 saturated carbocycles. The number of hydrogen-bond acceptors (Lipinski definition) is 2. The van der Waals surface area contributed by atoms with Crippen molar-refractivity contribution in [3.05, 3.63) is 11.8 Å². The van der Waals surface area contributed by atoms with Crippen LogP contribution in [-0.2, 0) is 4.74 Å². The van der Waals surface area contributed by atoms with Gasteiger partial charge < -0.3 is 9.84 Å². The van der Waals surface area contributed by atoms with E-state index in [1.807, 2.05) is 0 Å². The molecule has 0 aromatic carbocycles. The Kier molecular flexibility index (Phi) is 3.88. The minimum atomic E-state index is -1.31. The van der Waals surface area contributed by atoms with E-state index in [-0.39, 0.29) is 5.88 Å². The molecule has 52 valence electrons. The first-order valence-electron chi connectivity index (χ1n) is 2.30. The van der Waals surface area contributed by atoms with E-state index < -0.39 is 6.16 Å². The summed E-state index contributed by atoms with van der Waals surface area (Å²) in [6, 6.07) is 0. The van der Waals surface area contributed by atoms with Gasteiger partial charge in [-0.1, -0.05) is 0 Å². The molecule has 0 spiro atoms. The third-order valence-corrected chi connectivity index (χ3v) is 0.767. The fourth-order valence-electron chi connectivity index (χ4n) is 0.288. The summed E-state index contributed by atoms with van der Waals surface area (Å²) >= 11 is 5.23. The Morgan fingerprint density at radius 1 is 1.89 bits per heavy atom. The number of carboxylic acid groups (broad SMARTS) is 1. The number of hydrogen-bond donors (Lipinski definition) is 1. The van der Waals surface area contributed by atoms with Gasteiger partial charge in [0.15, 0.2) is 0 Å². The maximum absolute atomic E-state index is 9.78. The zero-order chi connectivity index (χ0) is 7.28. The third-order valence-electron chi connectivity index (χ3n) is 0.613. The summed E-state index contributed by atoms with van der Waals surface area (Å²) in [4.78, 5) is 9.78. The maximum atomic E-state index is 9.78. The molecule has 0 fully saturated rings. The number of allylic oxidation sites excluding steroid dienone is 2. The van der Waals surface area contributed by atoms with E-state index in [4.69, 9.17) is 16.7 Å². The van der Waals surface area contributed by atoms with E-state index in [9.17, 15) is 4.79 Å². The largest absolute Gasteiger partial charge is 0.510 e. The van der Waals surface area contributed by atoms with Crippen molar-refractivity contribution in [2.24, 2.45) is 0 Å². The van der Waals surface area contributed by atoms with E-state index >= 15 is 0 Å². The molecule has 0 aromatic rings. The average molecular weight is 151 g/mol. The topological polar surface area (TPSA) is 46.5 Å². The van der Waals surface area contributed by atoms with Gasteiger partial charge in [0.2, 0.25) is 0 Å². The Balaban J connectivity index is 3.62. The lowest BCUT2D eigenvalue weighted by Gasteiger charge is -1.95. The van der Waals surface area contributed by atoms with Crippen LogP contribution in [0, 0.1) is 0 Å². The number of halogens is 1. The first-order valence-corrected chi connectivity index (χ1v) is 2.83. The quantitative estimate of drug-likeness (QED) is 0.371. The molecule has 0 aliphatic carbocycles. The lowest BCUT2D eigenvalue weighted by Crippen LogP contribution is -1.97. The number of ether oxygens (including phenoxy) is 1. The third kappa shape index (κ3) is 5.17. The van der Waals surface area contributed by atoms with Gasteiger partial charge in [-0.25, -0.2) is 4.79 Å². The first-order chi connectivity index (χ1) is 4.16. The van der Waals surface area contributed by atoms with Crippen molar-refractivity contribution in [1.29, 1.82) is 0 Å². The van der Waals surface area contributed by atoms with Crippen molar-refractivity contribution in [2.45, 2.75) is 6.92 Å². The second-order valence-corrected chi connectivity index (χ2v) is 1.65. The van der Waals surface area contributed by atoms with Crippen LogP contribution in [-0.4, -0.2) is 17.1 Å². The molecule has 3 nitrogen and oxygen atoms in total. The fraction of sp³-hybridized carbons (Fsp3) is 0.400. The normalized spacial score (nSPS) is 11.1. The molecule has 1 N–H and O–H groups in total. The molecule has 0 bridgehead atoms. The molecule has 0 amide bonds. The highest BCUT2D eigenvalue weighted by Crippen LogP contribution is 1.95. The van der Waals surface area contributed by atoms with E-state index in [0.717, 1.165) is 0 Å². The molecular formula is C5H7ClO3. The molecule has 0 aromatic heterocycles. The zero-order valence-corrected chi connectivity index (χ0v) is 5.68. The van der Waals surface area contributed by atoms with Gasteiger partial charge in [-0.3, -0.25) is 0 Å². The molecule has 0 atom stereocenters. The molecule has 9 heavy (non-hydrogen) atoms. The van der Waals surface area contributed by atoms with E-state index in [2.05, 4.69) is 4.74 Å². The van der Waals surface area contributed by atoms with Gasteiger partial charge in [0.1, 0.15) is 5.76 Å². The first kappa shape index (κ1) is 8.30. The Bertz CT molecular complexity index is 130. The van der Waals surface area contributed by atoms with Crippen molar-refractivity contribution in [3.8, 4) is 0 Å². The average Bonchev–Trinajstić information content (AvgIpc) is 1.63. The minimum absolute atomic E-state index is 0.263. The Hall–Kier alpha value is -0.700. The Morgan fingerprint density at radius 2 is 2.44 bits per heavy atom. The number of carbonyl (C=O) groups is 1. The molecule has 0 radical (unpaired) electrons. The number of alkyl halides is 1. The summed E-state index contributed by atoms with van der Waals surface area (Å²) in [6.07, 6.45) is 0.157. The Morgan fingerprint density at radius 3 is 2.78 bits per heavy atom. The zero-order valence-electron chi connectivity index (χ0n) is 4.93. The van der Waals surface area contributed by atoms with Gasteiger partial charge in [0, 0.05) is 5.88 Å². The molecule has 0 aliphatic rings. The van der Waals surface area contributed by atoms with Gasteiger partial charge >= 0.3 is 6.16 Å². The van der Waals surface area contributed by atoms with Gasteiger partial charge in [-0.2, -0.15) is 0 Å². The summed E-state index contributed by atoms with van der Waals surface area (Å²) in [6.45, 7) is 1.52. The lowest BCUT2D eigenvalue weighted by molar-refractivity contribution is 0.119. The lowest BCUT2D eigenvalue weighted by atomic mass is 10.5. The van der Waals surface area contributed by atoms with Crippen LogP contribution in [0.5, 0.6) is 0 Å². The van der Waals surface area contributed by atoms with Crippen LogP contribution >= 0.6 is 11.6 Å². The highest BCUT2D eigenvalue weighted by atomic mass is 35.5. The SMILES string of the molecule is CC(=CCCl)OC(=O)O. The van der Waals surface area contributed by atoms with Gasteiger partial charge in [0.25, 0.3) is 0 Å². The monoisotopic (exact) mass is 150 g/mol. The summed E-state index contributed by atoms with van der Waals surface area (Å²) in [5.74, 6) is 0.566. The van der Waals surface area contributed by atoms with E-state index in [1.165, 1.54) is 13.0 Å². The molecule has 0 rings (SSSR count). The molecule has 0 heterocycles. The van der Waals surface area contributed by atoms with Crippen molar-refractivity contribution in [3.63, 3.8) is 0 Å². The van der Waals surface area contributed by atoms with Gasteiger partial charge in [0.05, 0.1) is 0 Å². The molecule has 4 heteroatoms. The second-order valence-electron chi connectivity index (χ2n) is 1.34. The van der Waals surface area contributed by atoms with Crippen molar-refractivity contribution >= 4 is 17.8 Å². The standard InChI is InChI=1S/C5H7ClO3/c1-4(2-3-6)9-5(7)8/h2H,3H2,1H3,(H,7,8). The number of rotatable bonds is 2. The molecule has 0 aliphatic heterocycles. The van der Waals surface area contributed by atoms with Crippen LogP contribution in [0.15, 0.2) is 11.8 Å². The van der Waals surface area contributed by atoms with E-state index in [1.54, 1.807) is 0 Å². The Labute approximate surface area is 57.9 Å². The molecule has 0 saturated heterocycles. The van der Waals surface area contributed by atoms with Crippen LogP contribution < -0.4 is 0 Å².